The SMILES string of the molecule is CC[C@H](C(=O)NC1CCCCC1)N(Cc1cccc(C)c1)C(=O)CN(c1cc(Cl)ccc1C)S(C)(=O)=O. The summed E-state index contributed by atoms with van der Waals surface area (Å²) in [7, 11) is -3.81. The molecular weight excluding hydrogens is 510 g/mol. The Kier molecular flexibility index (Phi) is 10.0. The molecular formula is C28H38ClN3O4S. The van der Waals surface area contributed by atoms with Gasteiger partial charge in [0.05, 0.1) is 11.9 Å². The molecule has 2 aromatic rings. The highest BCUT2D eigenvalue weighted by molar-refractivity contribution is 7.92. The van der Waals surface area contributed by atoms with Gasteiger partial charge in [0.2, 0.25) is 21.8 Å². The summed E-state index contributed by atoms with van der Waals surface area (Å²) in [5, 5.41) is 3.52. The Morgan fingerprint density at radius 1 is 1.08 bits per heavy atom. The highest BCUT2D eigenvalue weighted by Crippen LogP contribution is 2.27. The van der Waals surface area contributed by atoms with E-state index in [2.05, 4.69) is 5.32 Å². The van der Waals surface area contributed by atoms with E-state index in [1.165, 1.54) is 11.3 Å². The number of carbonyl (C=O) groups excluding carboxylic acids is 2. The van der Waals surface area contributed by atoms with Gasteiger partial charge >= 0.3 is 0 Å². The van der Waals surface area contributed by atoms with Crippen molar-refractivity contribution in [2.45, 2.75) is 77.9 Å². The summed E-state index contributed by atoms with van der Waals surface area (Å²) in [4.78, 5) is 28.8. The van der Waals surface area contributed by atoms with E-state index >= 15 is 0 Å². The summed E-state index contributed by atoms with van der Waals surface area (Å²) in [6.45, 7) is 5.38. The number of nitrogens with one attached hydrogen (secondary N) is 1. The van der Waals surface area contributed by atoms with Gasteiger partial charge in [-0.05, 0) is 56.4 Å². The highest BCUT2D eigenvalue weighted by atomic mass is 35.5. The molecule has 3 rings (SSSR count). The molecule has 2 aromatic carbocycles. The number of aryl methyl sites for hydroxylation is 2. The van der Waals surface area contributed by atoms with E-state index in [-0.39, 0.29) is 18.5 Å². The monoisotopic (exact) mass is 547 g/mol. The third kappa shape index (κ3) is 7.95. The van der Waals surface area contributed by atoms with Crippen molar-refractivity contribution in [1.29, 1.82) is 0 Å². The second-order valence-electron chi connectivity index (χ2n) is 9.98. The third-order valence-corrected chi connectivity index (χ3v) is 8.25. The fraction of sp³-hybridized carbons (Fsp3) is 0.500. The summed E-state index contributed by atoms with van der Waals surface area (Å²) in [6, 6.07) is 12.1. The Balaban J connectivity index is 1.94. The minimum Gasteiger partial charge on any atom is -0.352 e. The van der Waals surface area contributed by atoms with Crippen molar-refractivity contribution < 1.29 is 18.0 Å². The smallest absolute Gasteiger partial charge is 0.244 e. The molecule has 0 heterocycles. The molecule has 2 amide bonds. The molecule has 0 saturated heterocycles. The molecule has 202 valence electrons. The Labute approximate surface area is 226 Å². The van der Waals surface area contributed by atoms with Crippen LogP contribution in [0.1, 0.15) is 62.1 Å². The topological polar surface area (TPSA) is 86.8 Å². The molecule has 1 saturated carbocycles. The normalized spacial score (nSPS) is 15.2. The number of amides is 2. The number of carbonyl (C=O) groups is 2. The molecule has 1 N–H and O–H groups in total. The van der Waals surface area contributed by atoms with E-state index in [4.69, 9.17) is 11.6 Å². The average Bonchev–Trinajstić information content (AvgIpc) is 2.84. The van der Waals surface area contributed by atoms with E-state index in [0.717, 1.165) is 47.4 Å². The van der Waals surface area contributed by atoms with Gasteiger partial charge in [-0.1, -0.05) is 73.7 Å². The van der Waals surface area contributed by atoms with Crippen molar-refractivity contribution in [3.05, 3.63) is 64.2 Å². The van der Waals surface area contributed by atoms with Gasteiger partial charge < -0.3 is 10.2 Å². The molecule has 1 aliphatic carbocycles. The Bertz CT molecular complexity index is 1210. The van der Waals surface area contributed by atoms with Gasteiger partial charge in [0.15, 0.2) is 0 Å². The maximum Gasteiger partial charge on any atom is 0.244 e. The minimum absolute atomic E-state index is 0.104. The van der Waals surface area contributed by atoms with Gasteiger partial charge in [0.1, 0.15) is 12.6 Å². The van der Waals surface area contributed by atoms with Crippen LogP contribution in [0.4, 0.5) is 5.69 Å². The molecule has 37 heavy (non-hydrogen) atoms. The Morgan fingerprint density at radius 3 is 2.41 bits per heavy atom. The second kappa shape index (κ2) is 12.8. The van der Waals surface area contributed by atoms with Crippen LogP contribution in [0.25, 0.3) is 0 Å². The maximum atomic E-state index is 13.9. The van der Waals surface area contributed by atoms with Gasteiger partial charge in [-0.3, -0.25) is 13.9 Å². The van der Waals surface area contributed by atoms with E-state index in [9.17, 15) is 18.0 Å². The largest absolute Gasteiger partial charge is 0.352 e. The molecule has 1 fully saturated rings. The Hall–Kier alpha value is -2.58. The van der Waals surface area contributed by atoms with Crippen LogP contribution < -0.4 is 9.62 Å². The summed E-state index contributed by atoms with van der Waals surface area (Å²) in [6.07, 6.45) is 6.68. The quantitative estimate of drug-likeness (QED) is 0.454. The lowest BCUT2D eigenvalue weighted by Gasteiger charge is -2.34. The molecule has 0 aromatic heterocycles. The zero-order valence-corrected chi connectivity index (χ0v) is 23.7. The number of rotatable bonds is 10. The number of anilines is 1. The predicted octanol–water partition coefficient (Wildman–Crippen LogP) is 4.98. The third-order valence-electron chi connectivity index (χ3n) is 6.89. The number of nitrogens with zero attached hydrogens (tertiary/aromatic N) is 2. The lowest BCUT2D eigenvalue weighted by Crippen LogP contribution is -2.54. The van der Waals surface area contributed by atoms with Crippen LogP contribution >= 0.6 is 11.6 Å². The zero-order valence-electron chi connectivity index (χ0n) is 22.2. The molecule has 0 bridgehead atoms. The van der Waals surface area contributed by atoms with Gasteiger partial charge in [-0.25, -0.2) is 8.42 Å². The van der Waals surface area contributed by atoms with Crippen LogP contribution in [0.3, 0.4) is 0 Å². The van der Waals surface area contributed by atoms with Crippen LogP contribution in [0.2, 0.25) is 5.02 Å². The van der Waals surface area contributed by atoms with Crippen molar-refractivity contribution in [2.75, 3.05) is 17.1 Å². The number of hydrogen-bond donors (Lipinski definition) is 1. The van der Waals surface area contributed by atoms with Gasteiger partial charge in [0.25, 0.3) is 0 Å². The number of hydrogen-bond acceptors (Lipinski definition) is 4. The van der Waals surface area contributed by atoms with Gasteiger partial charge in [0, 0.05) is 17.6 Å². The van der Waals surface area contributed by atoms with Crippen molar-refractivity contribution in [1.82, 2.24) is 10.2 Å². The molecule has 9 heteroatoms. The maximum absolute atomic E-state index is 13.9. The molecule has 7 nitrogen and oxygen atoms in total. The summed E-state index contributed by atoms with van der Waals surface area (Å²) >= 11 is 6.17. The predicted molar refractivity (Wildman–Crippen MR) is 149 cm³/mol. The van der Waals surface area contributed by atoms with Crippen LogP contribution in [0.15, 0.2) is 42.5 Å². The lowest BCUT2D eigenvalue weighted by molar-refractivity contribution is -0.140. The van der Waals surface area contributed by atoms with Crippen LogP contribution in [0, 0.1) is 13.8 Å². The zero-order chi connectivity index (χ0) is 27.2. The summed E-state index contributed by atoms with van der Waals surface area (Å²) in [5.74, 6) is -0.641. The van der Waals surface area contributed by atoms with E-state index in [0.29, 0.717) is 22.7 Å². The van der Waals surface area contributed by atoms with Crippen LogP contribution in [-0.4, -0.2) is 50.0 Å². The van der Waals surface area contributed by atoms with Crippen molar-refractivity contribution in [3.8, 4) is 0 Å². The van der Waals surface area contributed by atoms with Crippen molar-refractivity contribution in [3.63, 3.8) is 0 Å². The fourth-order valence-corrected chi connectivity index (χ4v) is 5.98. The van der Waals surface area contributed by atoms with E-state index in [1.54, 1.807) is 25.1 Å². The highest BCUT2D eigenvalue weighted by Gasteiger charge is 2.33. The first-order chi connectivity index (χ1) is 17.5. The number of sulfonamides is 1. The fourth-order valence-electron chi connectivity index (χ4n) is 4.92. The molecule has 1 aliphatic rings. The average molecular weight is 548 g/mol. The number of halogens is 1. The first-order valence-corrected chi connectivity index (χ1v) is 15.1. The first kappa shape index (κ1) is 29.0. The van der Waals surface area contributed by atoms with Gasteiger partial charge in [-0.2, -0.15) is 0 Å². The van der Waals surface area contributed by atoms with Crippen LogP contribution in [0.5, 0.6) is 0 Å². The molecule has 1 atom stereocenters. The van der Waals surface area contributed by atoms with Crippen molar-refractivity contribution >= 4 is 39.1 Å². The van der Waals surface area contributed by atoms with Crippen LogP contribution in [-0.2, 0) is 26.2 Å². The second-order valence-corrected chi connectivity index (χ2v) is 12.3. The molecule has 0 radical (unpaired) electrons. The first-order valence-electron chi connectivity index (χ1n) is 12.9. The minimum atomic E-state index is -3.81. The number of benzene rings is 2. The summed E-state index contributed by atoms with van der Waals surface area (Å²) < 4.78 is 26.7. The van der Waals surface area contributed by atoms with Gasteiger partial charge in [-0.15, -0.1) is 0 Å². The standard InChI is InChI=1S/C28H38ClN3O4S/c1-5-25(28(34)30-24-12-7-6-8-13-24)31(18-22-11-9-10-20(2)16-22)27(33)19-32(37(4,35)36)26-17-23(29)15-14-21(26)3/h9-11,14-17,24-25H,5-8,12-13,18-19H2,1-4H3,(H,30,34)/t25-/m1/s1. The van der Waals surface area contributed by atoms with Crippen molar-refractivity contribution in [2.24, 2.45) is 0 Å². The van der Waals surface area contributed by atoms with E-state index < -0.39 is 28.5 Å². The van der Waals surface area contributed by atoms with E-state index in [1.807, 2.05) is 38.1 Å². The lowest BCUT2D eigenvalue weighted by atomic mass is 9.95. The molecule has 0 aliphatic heterocycles. The summed E-state index contributed by atoms with van der Waals surface area (Å²) in [5.41, 5.74) is 2.94. The molecule has 0 unspecified atom stereocenters. The molecule has 0 spiro atoms. The Morgan fingerprint density at radius 2 is 1.78 bits per heavy atom.